The minimum atomic E-state index is -4.43. The summed E-state index contributed by atoms with van der Waals surface area (Å²) in [4.78, 5) is 12.2. The fourth-order valence-corrected chi connectivity index (χ4v) is 2.72. The molecule has 1 aromatic rings. The molecule has 0 aromatic heterocycles. The number of alkyl halides is 3. The average Bonchev–Trinajstić information content (AvgIpc) is 2.60. The van der Waals surface area contributed by atoms with Gasteiger partial charge in [-0.3, -0.25) is 4.79 Å². The van der Waals surface area contributed by atoms with Gasteiger partial charge in [-0.1, -0.05) is 30.0 Å². The van der Waals surface area contributed by atoms with Gasteiger partial charge in [0.1, 0.15) is 12.6 Å². The lowest BCUT2D eigenvalue weighted by Gasteiger charge is -2.20. The van der Waals surface area contributed by atoms with Crippen LogP contribution in [0.25, 0.3) is 6.08 Å². The summed E-state index contributed by atoms with van der Waals surface area (Å²) in [6.45, 7) is -0.601. The van der Waals surface area contributed by atoms with Crippen LogP contribution in [-0.2, 0) is 4.79 Å². The Morgan fingerprint density at radius 2 is 2.04 bits per heavy atom. The summed E-state index contributed by atoms with van der Waals surface area (Å²) in [6.07, 6.45) is -2.84. The smallest absolute Gasteiger partial charge is 0.407 e. The highest BCUT2D eigenvalue weighted by atomic mass is 32.2. The summed E-state index contributed by atoms with van der Waals surface area (Å²) < 4.78 is 50.1. The van der Waals surface area contributed by atoms with Crippen LogP contribution in [0.3, 0.4) is 0 Å². The lowest BCUT2D eigenvalue weighted by atomic mass is 10.2. The summed E-state index contributed by atoms with van der Waals surface area (Å²) in [5.74, 6) is 0.106. The molecule has 5 nitrogen and oxygen atoms in total. The highest BCUT2D eigenvalue weighted by molar-refractivity contribution is 8.24. The van der Waals surface area contributed by atoms with Crippen LogP contribution in [0.1, 0.15) is 5.56 Å². The Morgan fingerprint density at radius 3 is 2.54 bits per heavy atom. The maximum Gasteiger partial charge on any atom is 0.407 e. The van der Waals surface area contributed by atoms with Gasteiger partial charge in [-0.15, -0.1) is 0 Å². The number of likely N-dealkylation sites (N-methyl/N-ethyl adjacent to an activating group) is 2. The summed E-state index contributed by atoms with van der Waals surface area (Å²) in [5.41, 5.74) is 0.609. The second-order valence-corrected chi connectivity index (χ2v) is 6.35. The first-order valence-electron chi connectivity index (χ1n) is 7.35. The van der Waals surface area contributed by atoms with Crippen molar-refractivity contribution in [3.05, 3.63) is 28.7 Å². The van der Waals surface area contributed by atoms with Gasteiger partial charge in [0.05, 0.1) is 12.0 Å². The molecule has 1 unspecified atom stereocenters. The summed E-state index contributed by atoms with van der Waals surface area (Å²) in [5, 5.41) is 4.66. The van der Waals surface area contributed by atoms with Crippen LogP contribution in [0.4, 0.5) is 13.2 Å². The molecule has 0 heterocycles. The van der Waals surface area contributed by atoms with Crippen molar-refractivity contribution in [2.24, 2.45) is 0 Å². The number of hydrogen-bond donors (Lipinski definition) is 2. The second-order valence-electron chi connectivity index (χ2n) is 4.91. The molecule has 0 aliphatic heterocycles. The van der Waals surface area contributed by atoms with Crippen LogP contribution < -0.4 is 20.1 Å². The fourth-order valence-electron chi connectivity index (χ4n) is 1.89. The maximum atomic E-state index is 12.8. The average molecular weight is 408 g/mol. The SMILES string of the molecule is CNC(=O)/C(=C/c1ccc(OCC(NC)C(F)(F)F)c(OC)c1)SC=S. The van der Waals surface area contributed by atoms with E-state index in [2.05, 4.69) is 10.6 Å². The molecule has 1 rings (SSSR count). The molecule has 0 radical (unpaired) electrons. The molecule has 0 aliphatic rings. The van der Waals surface area contributed by atoms with Crippen LogP contribution in [0.15, 0.2) is 23.1 Å². The lowest BCUT2D eigenvalue weighted by Crippen LogP contribution is -2.44. The summed E-state index contributed by atoms with van der Waals surface area (Å²) in [6, 6.07) is 2.85. The van der Waals surface area contributed by atoms with Gasteiger partial charge in [0.25, 0.3) is 5.91 Å². The third-order valence-electron chi connectivity index (χ3n) is 3.26. The summed E-state index contributed by atoms with van der Waals surface area (Å²) in [7, 11) is 4.08. The quantitative estimate of drug-likeness (QED) is 0.484. The highest BCUT2D eigenvalue weighted by Gasteiger charge is 2.39. The van der Waals surface area contributed by atoms with Crippen molar-refractivity contribution in [1.82, 2.24) is 10.6 Å². The van der Waals surface area contributed by atoms with Gasteiger partial charge < -0.3 is 20.1 Å². The van der Waals surface area contributed by atoms with Crippen molar-refractivity contribution in [2.45, 2.75) is 12.2 Å². The van der Waals surface area contributed by atoms with Crippen molar-refractivity contribution < 1.29 is 27.4 Å². The number of nitrogens with one attached hydrogen (secondary N) is 2. The molecule has 144 valence electrons. The molecule has 0 spiro atoms. The Hall–Kier alpha value is -1.78. The number of rotatable bonds is 9. The van der Waals surface area contributed by atoms with Crippen LogP contribution >= 0.6 is 24.0 Å². The molecular weight excluding hydrogens is 389 g/mol. The van der Waals surface area contributed by atoms with E-state index in [9.17, 15) is 18.0 Å². The van der Waals surface area contributed by atoms with E-state index in [4.69, 9.17) is 21.7 Å². The van der Waals surface area contributed by atoms with Crippen molar-refractivity contribution in [1.29, 1.82) is 0 Å². The molecule has 0 aliphatic carbocycles. The van der Waals surface area contributed by atoms with Crippen LogP contribution in [0.2, 0.25) is 0 Å². The number of benzene rings is 1. The zero-order valence-corrected chi connectivity index (χ0v) is 16.0. The molecule has 0 saturated heterocycles. The van der Waals surface area contributed by atoms with E-state index in [1.165, 1.54) is 32.0 Å². The highest BCUT2D eigenvalue weighted by Crippen LogP contribution is 2.31. The van der Waals surface area contributed by atoms with Gasteiger partial charge >= 0.3 is 6.18 Å². The number of thiocarbonyl (C=S) groups is 1. The summed E-state index contributed by atoms with van der Waals surface area (Å²) >= 11 is 5.83. The zero-order valence-electron chi connectivity index (χ0n) is 14.3. The van der Waals surface area contributed by atoms with Gasteiger partial charge in [-0.2, -0.15) is 13.2 Å². The van der Waals surface area contributed by atoms with Crippen molar-refractivity contribution in [2.75, 3.05) is 27.8 Å². The van der Waals surface area contributed by atoms with Crippen LogP contribution in [-0.4, -0.2) is 50.6 Å². The minimum absolute atomic E-state index is 0.165. The van der Waals surface area contributed by atoms with E-state index in [0.29, 0.717) is 10.5 Å². The van der Waals surface area contributed by atoms with E-state index in [1.807, 2.05) is 0 Å². The first kappa shape index (κ1) is 22.3. The third kappa shape index (κ3) is 6.50. The standard InChI is InChI=1S/C16H19F3N2O3S2/c1-20-14(16(17,18)19)8-24-11-5-4-10(6-12(11)23-3)7-13(26-9-25)15(22)21-2/h4-7,9,14,20H,8H2,1-3H3,(H,21,22)/b13-7-. The Morgan fingerprint density at radius 1 is 1.35 bits per heavy atom. The Labute approximate surface area is 159 Å². The minimum Gasteiger partial charge on any atom is -0.493 e. The fraction of sp³-hybridized carbons (Fsp3) is 0.375. The molecule has 1 aromatic carbocycles. The number of halogens is 3. The Balaban J connectivity index is 3.03. The predicted octanol–water partition coefficient (Wildman–Crippen LogP) is 3.00. The van der Waals surface area contributed by atoms with Crippen LogP contribution in [0, 0.1) is 0 Å². The number of thioether (sulfide) groups is 1. The maximum absolute atomic E-state index is 12.8. The van der Waals surface area contributed by atoms with Crippen LogP contribution in [0.5, 0.6) is 11.5 Å². The van der Waals surface area contributed by atoms with E-state index < -0.39 is 18.8 Å². The molecule has 1 amide bonds. The van der Waals surface area contributed by atoms with Crippen molar-refractivity contribution in [3.63, 3.8) is 0 Å². The predicted molar refractivity (Wildman–Crippen MR) is 101 cm³/mol. The van der Waals surface area contributed by atoms with E-state index in [1.54, 1.807) is 18.2 Å². The molecule has 0 bridgehead atoms. The molecular formula is C16H19F3N2O3S2. The largest absolute Gasteiger partial charge is 0.493 e. The number of carbonyl (C=O) groups excluding carboxylic acids is 1. The van der Waals surface area contributed by atoms with Gasteiger partial charge in [-0.25, -0.2) is 0 Å². The topological polar surface area (TPSA) is 59.6 Å². The number of carbonyl (C=O) groups is 1. The molecule has 26 heavy (non-hydrogen) atoms. The number of hydrogen-bond acceptors (Lipinski definition) is 6. The lowest BCUT2D eigenvalue weighted by molar-refractivity contribution is -0.160. The molecule has 1 atom stereocenters. The van der Waals surface area contributed by atoms with E-state index in [-0.39, 0.29) is 17.4 Å². The second kappa shape index (κ2) is 10.4. The molecule has 0 saturated carbocycles. The number of amides is 1. The van der Waals surface area contributed by atoms with Gasteiger partial charge in [0.15, 0.2) is 11.5 Å². The third-order valence-corrected chi connectivity index (χ3v) is 4.20. The number of methoxy groups -OCH3 is 1. The first-order chi connectivity index (χ1) is 12.3. The Kier molecular flexibility index (Phi) is 8.89. The molecule has 0 fully saturated rings. The van der Waals surface area contributed by atoms with Gasteiger partial charge in [0.2, 0.25) is 0 Å². The van der Waals surface area contributed by atoms with E-state index >= 15 is 0 Å². The van der Waals surface area contributed by atoms with Gasteiger partial charge in [0, 0.05) is 11.7 Å². The molecule has 2 N–H and O–H groups in total. The number of ether oxygens (including phenoxy) is 2. The Bertz CT molecular complexity index is 667. The van der Waals surface area contributed by atoms with Crippen molar-refractivity contribution >= 4 is 40.7 Å². The van der Waals surface area contributed by atoms with Gasteiger partial charge in [-0.05, 0) is 30.8 Å². The molecule has 10 heteroatoms. The monoisotopic (exact) mass is 408 g/mol. The van der Waals surface area contributed by atoms with Crippen molar-refractivity contribution in [3.8, 4) is 11.5 Å². The van der Waals surface area contributed by atoms with E-state index in [0.717, 1.165) is 11.8 Å². The normalized spacial score (nSPS) is 13.1. The zero-order chi connectivity index (χ0) is 19.7. The first-order valence-corrected chi connectivity index (χ1v) is 8.70.